The van der Waals surface area contributed by atoms with Gasteiger partial charge in [0.25, 0.3) is 0 Å². The van der Waals surface area contributed by atoms with E-state index < -0.39 is 0 Å². The molecule has 0 amide bonds. The SMILES string of the molecule is C=C(C(C)C)N1C(C)=N[C@@H](c2ccc(Cl)cc2)[C@H]1c1ccc(Cl)cc1. The van der Waals surface area contributed by atoms with Gasteiger partial charge in [-0.05, 0) is 48.2 Å². The van der Waals surface area contributed by atoms with Gasteiger partial charge in [-0.15, -0.1) is 0 Å². The molecule has 0 aromatic heterocycles. The summed E-state index contributed by atoms with van der Waals surface area (Å²) >= 11 is 12.2. The number of nitrogens with zero attached hydrogens (tertiary/aromatic N) is 2. The highest BCUT2D eigenvalue weighted by Gasteiger charge is 2.38. The minimum absolute atomic E-state index is 0.00561. The molecule has 1 heterocycles. The highest BCUT2D eigenvalue weighted by Crippen LogP contribution is 2.45. The van der Waals surface area contributed by atoms with Gasteiger partial charge in [0.05, 0.1) is 6.04 Å². The van der Waals surface area contributed by atoms with E-state index in [1.807, 2.05) is 43.3 Å². The molecule has 0 radical (unpaired) electrons. The number of hydrogen-bond acceptors (Lipinski definition) is 2. The van der Waals surface area contributed by atoms with E-state index in [0.717, 1.165) is 27.1 Å². The predicted octanol–water partition coefficient (Wildman–Crippen LogP) is 6.68. The zero-order valence-corrected chi connectivity index (χ0v) is 16.2. The first-order valence-corrected chi connectivity index (χ1v) is 9.17. The van der Waals surface area contributed by atoms with Crippen LogP contribution in [-0.4, -0.2) is 10.7 Å². The summed E-state index contributed by atoms with van der Waals surface area (Å²) in [6.07, 6.45) is 0. The van der Waals surface area contributed by atoms with Gasteiger partial charge in [-0.3, -0.25) is 4.99 Å². The minimum atomic E-state index is -0.00561. The summed E-state index contributed by atoms with van der Waals surface area (Å²) in [5, 5.41) is 1.46. The van der Waals surface area contributed by atoms with Crippen molar-refractivity contribution in [2.75, 3.05) is 0 Å². The Bertz CT molecular complexity index is 792. The number of hydrogen-bond donors (Lipinski definition) is 0. The molecule has 25 heavy (non-hydrogen) atoms. The summed E-state index contributed by atoms with van der Waals surface area (Å²) in [7, 11) is 0. The molecular weight excluding hydrogens is 351 g/mol. The lowest BCUT2D eigenvalue weighted by Crippen LogP contribution is -2.31. The smallest absolute Gasteiger partial charge is 0.102 e. The highest BCUT2D eigenvalue weighted by molar-refractivity contribution is 6.30. The Morgan fingerprint density at radius 3 is 1.92 bits per heavy atom. The van der Waals surface area contributed by atoms with Crippen LogP contribution in [0.25, 0.3) is 0 Å². The molecule has 1 aliphatic rings. The van der Waals surface area contributed by atoms with Crippen molar-refractivity contribution in [1.82, 2.24) is 4.90 Å². The van der Waals surface area contributed by atoms with Crippen LogP contribution in [0.1, 0.15) is 44.0 Å². The van der Waals surface area contributed by atoms with Crippen LogP contribution in [0.2, 0.25) is 10.0 Å². The fraction of sp³-hybridized carbons (Fsp3) is 0.286. The highest BCUT2D eigenvalue weighted by atomic mass is 35.5. The van der Waals surface area contributed by atoms with Gasteiger partial charge >= 0.3 is 0 Å². The second kappa shape index (κ2) is 7.23. The van der Waals surface area contributed by atoms with E-state index in [4.69, 9.17) is 28.2 Å². The maximum Gasteiger partial charge on any atom is 0.102 e. The van der Waals surface area contributed by atoms with Crippen molar-refractivity contribution in [2.45, 2.75) is 32.9 Å². The van der Waals surface area contributed by atoms with Gasteiger partial charge in [0.15, 0.2) is 0 Å². The van der Waals surface area contributed by atoms with E-state index in [2.05, 4.69) is 37.5 Å². The van der Waals surface area contributed by atoms with Gasteiger partial charge in [-0.2, -0.15) is 0 Å². The standard InChI is InChI=1S/C21H22Cl2N2/c1-13(2)14(3)25-15(4)24-20(16-5-9-18(22)10-6-16)21(25)17-7-11-19(23)12-8-17/h5-13,20-21H,3H2,1-2,4H3/t20-,21+/m0/s1. The van der Waals surface area contributed by atoms with Crippen molar-refractivity contribution in [3.05, 3.63) is 82.0 Å². The lowest BCUT2D eigenvalue weighted by atomic mass is 9.92. The Morgan fingerprint density at radius 1 is 0.960 bits per heavy atom. The van der Waals surface area contributed by atoms with Crippen molar-refractivity contribution < 1.29 is 0 Å². The minimum Gasteiger partial charge on any atom is -0.324 e. The van der Waals surface area contributed by atoms with Gasteiger partial charge in [0.2, 0.25) is 0 Å². The third kappa shape index (κ3) is 3.61. The van der Waals surface area contributed by atoms with E-state index in [9.17, 15) is 0 Å². The molecule has 0 N–H and O–H groups in total. The number of amidine groups is 1. The van der Waals surface area contributed by atoms with Crippen molar-refractivity contribution in [3.8, 4) is 0 Å². The Kier molecular flexibility index (Phi) is 5.21. The Labute approximate surface area is 159 Å². The first-order chi connectivity index (χ1) is 11.9. The maximum absolute atomic E-state index is 6.09. The van der Waals surface area contributed by atoms with E-state index in [1.54, 1.807) is 0 Å². The van der Waals surface area contributed by atoms with Crippen LogP contribution in [-0.2, 0) is 0 Å². The number of allylic oxidation sites excluding steroid dienone is 1. The first-order valence-electron chi connectivity index (χ1n) is 8.42. The zero-order valence-electron chi connectivity index (χ0n) is 14.7. The molecule has 4 heteroatoms. The molecule has 0 fully saturated rings. The molecule has 2 nitrogen and oxygen atoms in total. The van der Waals surface area contributed by atoms with Crippen molar-refractivity contribution in [1.29, 1.82) is 0 Å². The van der Waals surface area contributed by atoms with Crippen molar-refractivity contribution in [3.63, 3.8) is 0 Å². The Hall–Kier alpha value is -1.77. The van der Waals surface area contributed by atoms with Crippen LogP contribution >= 0.6 is 23.2 Å². The third-order valence-electron chi connectivity index (χ3n) is 4.65. The summed E-state index contributed by atoms with van der Waals surface area (Å²) in [5.74, 6) is 1.32. The van der Waals surface area contributed by atoms with Gasteiger partial charge in [0.1, 0.15) is 11.9 Å². The quantitative estimate of drug-likeness (QED) is 0.584. The number of aliphatic imine (C=N–C) groups is 1. The Morgan fingerprint density at radius 2 is 1.44 bits per heavy atom. The zero-order chi connectivity index (χ0) is 18.1. The molecule has 0 unspecified atom stereocenters. The number of benzene rings is 2. The molecule has 0 aliphatic carbocycles. The van der Waals surface area contributed by atoms with Crippen LogP contribution in [0.15, 0.2) is 65.8 Å². The van der Waals surface area contributed by atoms with E-state index in [1.165, 1.54) is 5.56 Å². The van der Waals surface area contributed by atoms with E-state index in [-0.39, 0.29) is 12.1 Å². The van der Waals surface area contributed by atoms with Crippen LogP contribution < -0.4 is 0 Å². The lowest BCUT2D eigenvalue weighted by molar-refractivity contribution is 0.343. The molecular formula is C21H22Cl2N2. The molecule has 0 bridgehead atoms. The molecule has 2 aromatic rings. The van der Waals surface area contributed by atoms with Crippen LogP contribution in [0.3, 0.4) is 0 Å². The average molecular weight is 373 g/mol. The van der Waals surface area contributed by atoms with Crippen molar-refractivity contribution >= 4 is 29.0 Å². The monoisotopic (exact) mass is 372 g/mol. The molecule has 2 aromatic carbocycles. The maximum atomic E-state index is 6.09. The molecule has 0 spiro atoms. The number of rotatable bonds is 4. The fourth-order valence-electron chi connectivity index (χ4n) is 3.25. The summed E-state index contributed by atoms with van der Waals surface area (Å²) < 4.78 is 0. The second-order valence-electron chi connectivity index (χ2n) is 6.69. The topological polar surface area (TPSA) is 15.6 Å². The molecule has 0 saturated carbocycles. The van der Waals surface area contributed by atoms with Gasteiger partial charge in [-0.25, -0.2) is 0 Å². The van der Waals surface area contributed by atoms with Crippen molar-refractivity contribution in [2.24, 2.45) is 10.9 Å². The fourth-order valence-corrected chi connectivity index (χ4v) is 3.50. The summed E-state index contributed by atoms with van der Waals surface area (Å²) in [4.78, 5) is 7.22. The largest absolute Gasteiger partial charge is 0.324 e. The third-order valence-corrected chi connectivity index (χ3v) is 5.15. The summed E-state index contributed by atoms with van der Waals surface area (Å²) in [5.41, 5.74) is 3.38. The summed E-state index contributed by atoms with van der Waals surface area (Å²) in [6, 6.07) is 16.0. The van der Waals surface area contributed by atoms with Gasteiger partial charge in [0, 0.05) is 15.7 Å². The summed E-state index contributed by atoms with van der Waals surface area (Å²) in [6.45, 7) is 10.7. The Balaban J connectivity index is 2.08. The van der Waals surface area contributed by atoms with Crippen LogP contribution in [0.4, 0.5) is 0 Å². The molecule has 1 aliphatic heterocycles. The predicted molar refractivity (Wildman–Crippen MR) is 107 cm³/mol. The molecule has 130 valence electrons. The number of halogens is 2. The van der Waals surface area contributed by atoms with E-state index in [0.29, 0.717) is 5.92 Å². The van der Waals surface area contributed by atoms with Crippen LogP contribution in [0.5, 0.6) is 0 Å². The van der Waals surface area contributed by atoms with Gasteiger partial charge < -0.3 is 4.90 Å². The van der Waals surface area contributed by atoms with Gasteiger partial charge in [-0.1, -0.05) is 67.9 Å². The van der Waals surface area contributed by atoms with Crippen LogP contribution in [0, 0.1) is 5.92 Å². The second-order valence-corrected chi connectivity index (χ2v) is 7.56. The first kappa shape index (κ1) is 18.0. The average Bonchev–Trinajstić information content (AvgIpc) is 2.92. The molecule has 2 atom stereocenters. The molecule has 0 saturated heterocycles. The van der Waals surface area contributed by atoms with E-state index >= 15 is 0 Å². The lowest BCUT2D eigenvalue weighted by Gasteiger charge is -2.33. The normalized spacial score (nSPS) is 20.1. The molecule has 3 rings (SSSR count).